The van der Waals surface area contributed by atoms with Crippen LogP contribution in [0, 0.1) is 5.92 Å². The molecule has 0 saturated carbocycles. The fourth-order valence-corrected chi connectivity index (χ4v) is 2.40. The molecule has 1 fully saturated rings. The number of pyridine rings is 1. The van der Waals surface area contributed by atoms with Gasteiger partial charge in [-0.15, -0.1) is 0 Å². The summed E-state index contributed by atoms with van der Waals surface area (Å²) >= 11 is 0. The van der Waals surface area contributed by atoms with Crippen LogP contribution in [0.1, 0.15) is 19.8 Å². The van der Waals surface area contributed by atoms with Crippen molar-refractivity contribution in [3.63, 3.8) is 0 Å². The van der Waals surface area contributed by atoms with E-state index in [1.54, 1.807) is 7.11 Å². The molecule has 0 radical (unpaired) electrons. The molecule has 1 atom stereocenters. The van der Waals surface area contributed by atoms with Crippen molar-refractivity contribution in [3.05, 3.63) is 18.3 Å². The summed E-state index contributed by atoms with van der Waals surface area (Å²) in [4.78, 5) is 6.76. The second-order valence-corrected chi connectivity index (χ2v) is 4.88. The van der Waals surface area contributed by atoms with Gasteiger partial charge in [-0.05, 0) is 18.9 Å². The predicted molar refractivity (Wildman–Crippen MR) is 75.2 cm³/mol. The van der Waals surface area contributed by atoms with Gasteiger partial charge in [-0.25, -0.2) is 4.98 Å². The SMILES string of the molecule is CCCNc1cc(N2CCC(COC)C2)ccn1. The van der Waals surface area contributed by atoms with Gasteiger partial charge in [-0.1, -0.05) is 6.92 Å². The van der Waals surface area contributed by atoms with Crippen molar-refractivity contribution in [2.45, 2.75) is 19.8 Å². The molecule has 0 spiro atoms. The molecule has 0 amide bonds. The van der Waals surface area contributed by atoms with Crippen LogP contribution in [0.15, 0.2) is 18.3 Å². The first kappa shape index (κ1) is 13.1. The van der Waals surface area contributed by atoms with Gasteiger partial charge in [0.05, 0.1) is 6.61 Å². The van der Waals surface area contributed by atoms with Crippen LogP contribution in [0.5, 0.6) is 0 Å². The highest BCUT2D eigenvalue weighted by molar-refractivity contribution is 5.54. The summed E-state index contributed by atoms with van der Waals surface area (Å²) in [7, 11) is 1.78. The van der Waals surface area contributed by atoms with E-state index in [-0.39, 0.29) is 0 Å². The molecular formula is C14H23N3O. The lowest BCUT2D eigenvalue weighted by Gasteiger charge is -2.19. The van der Waals surface area contributed by atoms with Gasteiger partial charge in [0, 0.05) is 50.6 Å². The van der Waals surface area contributed by atoms with Gasteiger partial charge in [0.25, 0.3) is 0 Å². The number of nitrogens with zero attached hydrogens (tertiary/aromatic N) is 2. The third kappa shape index (κ3) is 3.35. The van der Waals surface area contributed by atoms with Crippen molar-refractivity contribution in [1.82, 2.24) is 4.98 Å². The molecule has 1 aliphatic rings. The Morgan fingerprint density at radius 1 is 1.56 bits per heavy atom. The van der Waals surface area contributed by atoms with Gasteiger partial charge >= 0.3 is 0 Å². The monoisotopic (exact) mass is 249 g/mol. The van der Waals surface area contributed by atoms with Gasteiger partial charge in [0.1, 0.15) is 5.82 Å². The van der Waals surface area contributed by atoms with Gasteiger partial charge in [0.15, 0.2) is 0 Å². The van der Waals surface area contributed by atoms with Crippen LogP contribution >= 0.6 is 0 Å². The molecule has 18 heavy (non-hydrogen) atoms. The minimum absolute atomic E-state index is 0.662. The zero-order chi connectivity index (χ0) is 12.8. The van der Waals surface area contributed by atoms with E-state index in [2.05, 4.69) is 34.3 Å². The lowest BCUT2D eigenvalue weighted by molar-refractivity contribution is 0.161. The smallest absolute Gasteiger partial charge is 0.127 e. The quantitative estimate of drug-likeness (QED) is 0.840. The molecule has 0 aromatic carbocycles. The Morgan fingerprint density at radius 3 is 3.22 bits per heavy atom. The van der Waals surface area contributed by atoms with Crippen LogP contribution in [0.25, 0.3) is 0 Å². The summed E-state index contributed by atoms with van der Waals surface area (Å²) in [6, 6.07) is 4.23. The van der Waals surface area contributed by atoms with Crippen molar-refractivity contribution >= 4 is 11.5 Å². The zero-order valence-corrected chi connectivity index (χ0v) is 11.4. The molecule has 1 aliphatic heterocycles. The highest BCUT2D eigenvalue weighted by atomic mass is 16.5. The average molecular weight is 249 g/mol. The first-order valence-electron chi connectivity index (χ1n) is 6.77. The Balaban J connectivity index is 1.96. The molecular weight excluding hydrogens is 226 g/mol. The van der Waals surface area contributed by atoms with E-state index in [0.717, 1.165) is 38.5 Å². The third-order valence-electron chi connectivity index (χ3n) is 3.35. The van der Waals surface area contributed by atoms with Crippen molar-refractivity contribution < 1.29 is 4.74 Å². The van der Waals surface area contributed by atoms with E-state index in [0.29, 0.717) is 5.92 Å². The number of anilines is 2. The highest BCUT2D eigenvalue weighted by Crippen LogP contribution is 2.25. The van der Waals surface area contributed by atoms with Gasteiger partial charge in [-0.2, -0.15) is 0 Å². The molecule has 2 rings (SSSR count). The van der Waals surface area contributed by atoms with E-state index in [4.69, 9.17) is 4.74 Å². The molecule has 1 aromatic rings. The van der Waals surface area contributed by atoms with Gasteiger partial charge in [0.2, 0.25) is 0 Å². The van der Waals surface area contributed by atoms with E-state index < -0.39 is 0 Å². The molecule has 2 heterocycles. The Bertz CT molecular complexity index is 370. The highest BCUT2D eigenvalue weighted by Gasteiger charge is 2.22. The minimum Gasteiger partial charge on any atom is -0.384 e. The van der Waals surface area contributed by atoms with E-state index >= 15 is 0 Å². The normalized spacial score (nSPS) is 19.2. The summed E-state index contributed by atoms with van der Waals surface area (Å²) < 4.78 is 5.24. The fourth-order valence-electron chi connectivity index (χ4n) is 2.40. The molecule has 0 aliphatic carbocycles. The topological polar surface area (TPSA) is 37.4 Å². The maximum absolute atomic E-state index is 5.24. The average Bonchev–Trinajstić information content (AvgIpc) is 2.86. The standard InChI is InChI=1S/C14H23N3O/c1-3-6-15-14-9-13(4-7-16-14)17-8-5-12(10-17)11-18-2/h4,7,9,12H,3,5-6,8,10-11H2,1-2H3,(H,15,16). The lowest BCUT2D eigenvalue weighted by atomic mass is 10.1. The molecule has 0 bridgehead atoms. The molecule has 4 heteroatoms. The summed E-state index contributed by atoms with van der Waals surface area (Å²) in [6.45, 7) is 6.20. The predicted octanol–water partition coefficient (Wildman–Crippen LogP) is 2.38. The van der Waals surface area contributed by atoms with Crippen LogP contribution in [0.3, 0.4) is 0 Å². The second-order valence-electron chi connectivity index (χ2n) is 4.88. The molecule has 1 saturated heterocycles. The Hall–Kier alpha value is -1.29. The van der Waals surface area contributed by atoms with Crippen molar-refractivity contribution in [2.75, 3.05) is 43.6 Å². The summed E-state index contributed by atoms with van der Waals surface area (Å²) in [6.07, 6.45) is 4.22. The molecule has 4 nitrogen and oxygen atoms in total. The number of methoxy groups -OCH3 is 1. The maximum Gasteiger partial charge on any atom is 0.127 e. The van der Waals surface area contributed by atoms with Crippen molar-refractivity contribution in [3.8, 4) is 0 Å². The molecule has 1 unspecified atom stereocenters. The lowest BCUT2D eigenvalue weighted by Crippen LogP contribution is -2.21. The first-order chi connectivity index (χ1) is 8.83. The number of hydrogen-bond donors (Lipinski definition) is 1. The third-order valence-corrected chi connectivity index (χ3v) is 3.35. The largest absolute Gasteiger partial charge is 0.384 e. The van der Waals surface area contributed by atoms with E-state index in [9.17, 15) is 0 Å². The number of ether oxygens (including phenoxy) is 1. The summed E-state index contributed by atoms with van der Waals surface area (Å²) in [5.74, 6) is 1.64. The van der Waals surface area contributed by atoms with Gasteiger partial charge < -0.3 is 15.0 Å². The Labute approximate surface area is 109 Å². The van der Waals surface area contributed by atoms with Gasteiger partial charge in [-0.3, -0.25) is 0 Å². The number of aromatic nitrogens is 1. The van der Waals surface area contributed by atoms with E-state index in [1.165, 1.54) is 12.1 Å². The number of nitrogens with one attached hydrogen (secondary N) is 1. The van der Waals surface area contributed by atoms with Crippen LogP contribution < -0.4 is 10.2 Å². The number of hydrogen-bond acceptors (Lipinski definition) is 4. The Kier molecular flexibility index (Phi) is 4.81. The second kappa shape index (κ2) is 6.59. The van der Waals surface area contributed by atoms with Crippen molar-refractivity contribution in [1.29, 1.82) is 0 Å². The van der Waals surface area contributed by atoms with Crippen LogP contribution in [0.2, 0.25) is 0 Å². The summed E-state index contributed by atoms with van der Waals surface area (Å²) in [5, 5.41) is 3.33. The van der Waals surface area contributed by atoms with Crippen LogP contribution in [-0.2, 0) is 4.74 Å². The molecule has 1 N–H and O–H groups in total. The first-order valence-corrected chi connectivity index (χ1v) is 6.77. The zero-order valence-electron chi connectivity index (χ0n) is 11.4. The minimum atomic E-state index is 0.662. The Morgan fingerprint density at radius 2 is 2.44 bits per heavy atom. The summed E-state index contributed by atoms with van der Waals surface area (Å²) in [5.41, 5.74) is 1.27. The van der Waals surface area contributed by atoms with Crippen LogP contribution in [0.4, 0.5) is 11.5 Å². The number of rotatable bonds is 6. The fraction of sp³-hybridized carbons (Fsp3) is 0.643. The maximum atomic E-state index is 5.24. The molecule has 1 aromatic heterocycles. The van der Waals surface area contributed by atoms with E-state index in [1.807, 2.05) is 6.20 Å². The van der Waals surface area contributed by atoms with Crippen LogP contribution in [-0.4, -0.2) is 38.3 Å². The molecule has 100 valence electrons. The van der Waals surface area contributed by atoms with Crippen molar-refractivity contribution in [2.24, 2.45) is 5.92 Å².